The smallest absolute Gasteiger partial charge is 0.138 e. The second-order valence-corrected chi connectivity index (χ2v) is 4.19. The number of benzene rings is 1. The Hall–Kier alpha value is -1.37. The number of rotatable bonds is 5. The van der Waals surface area contributed by atoms with Gasteiger partial charge in [-0.15, -0.1) is 0 Å². The van der Waals surface area contributed by atoms with E-state index < -0.39 is 0 Å². The van der Waals surface area contributed by atoms with Crippen molar-refractivity contribution >= 4 is 0 Å². The third-order valence-corrected chi connectivity index (χ3v) is 2.75. The van der Waals surface area contributed by atoms with Crippen LogP contribution in [0.5, 0.6) is 0 Å². The first-order valence-electron chi connectivity index (χ1n) is 6.41. The number of hydrogen-bond acceptors (Lipinski definition) is 2. The standard InChI is InChI=1S/C15H21FN2/c1-3-10-18(4-2)12-13-7-8-15(16)14(11-13)6-5-9-17/h7-8,11H,3-4,9-10,12,17H2,1-2H3. The average molecular weight is 248 g/mol. The average Bonchev–Trinajstić information content (AvgIpc) is 2.38. The first-order chi connectivity index (χ1) is 8.71. The molecular weight excluding hydrogens is 227 g/mol. The van der Waals surface area contributed by atoms with Crippen LogP contribution in [-0.2, 0) is 6.54 Å². The van der Waals surface area contributed by atoms with Gasteiger partial charge in [0, 0.05) is 6.54 Å². The maximum atomic E-state index is 13.5. The van der Waals surface area contributed by atoms with Crippen LogP contribution in [0.25, 0.3) is 0 Å². The lowest BCUT2D eigenvalue weighted by Crippen LogP contribution is -2.23. The molecule has 0 radical (unpaired) electrons. The van der Waals surface area contributed by atoms with Crippen LogP contribution in [0.1, 0.15) is 31.4 Å². The minimum absolute atomic E-state index is 0.251. The molecule has 0 aliphatic carbocycles. The highest BCUT2D eigenvalue weighted by atomic mass is 19.1. The summed E-state index contributed by atoms with van der Waals surface area (Å²) >= 11 is 0. The van der Waals surface area contributed by atoms with E-state index in [1.54, 1.807) is 0 Å². The van der Waals surface area contributed by atoms with Crippen LogP contribution >= 0.6 is 0 Å². The van der Waals surface area contributed by atoms with Gasteiger partial charge in [0.25, 0.3) is 0 Å². The lowest BCUT2D eigenvalue weighted by Gasteiger charge is -2.19. The number of nitrogens with two attached hydrogens (primary N) is 1. The van der Waals surface area contributed by atoms with Crippen molar-refractivity contribution in [1.29, 1.82) is 0 Å². The van der Waals surface area contributed by atoms with E-state index in [2.05, 4.69) is 30.6 Å². The number of halogens is 1. The Morgan fingerprint density at radius 1 is 1.33 bits per heavy atom. The molecule has 0 aliphatic rings. The molecule has 0 aliphatic heterocycles. The molecule has 0 aromatic heterocycles. The zero-order valence-corrected chi connectivity index (χ0v) is 11.2. The quantitative estimate of drug-likeness (QED) is 0.811. The van der Waals surface area contributed by atoms with Crippen molar-refractivity contribution in [2.24, 2.45) is 5.73 Å². The van der Waals surface area contributed by atoms with Gasteiger partial charge in [0.15, 0.2) is 0 Å². The molecule has 0 saturated heterocycles. The van der Waals surface area contributed by atoms with E-state index in [4.69, 9.17) is 5.73 Å². The Balaban J connectivity index is 2.83. The Labute approximate surface area is 109 Å². The SMILES string of the molecule is CCCN(CC)Cc1ccc(F)c(C#CCN)c1. The summed E-state index contributed by atoms with van der Waals surface area (Å²) in [6.07, 6.45) is 1.12. The van der Waals surface area contributed by atoms with Crippen LogP contribution in [0.4, 0.5) is 4.39 Å². The van der Waals surface area contributed by atoms with Crippen molar-refractivity contribution < 1.29 is 4.39 Å². The predicted molar refractivity (Wildman–Crippen MR) is 73.6 cm³/mol. The van der Waals surface area contributed by atoms with Crippen LogP contribution in [0, 0.1) is 17.7 Å². The monoisotopic (exact) mass is 248 g/mol. The maximum Gasteiger partial charge on any atom is 0.138 e. The van der Waals surface area contributed by atoms with Gasteiger partial charge >= 0.3 is 0 Å². The van der Waals surface area contributed by atoms with Gasteiger partial charge in [0.1, 0.15) is 5.82 Å². The summed E-state index contributed by atoms with van der Waals surface area (Å²) in [5.74, 6) is 5.18. The highest BCUT2D eigenvalue weighted by Gasteiger charge is 2.05. The summed E-state index contributed by atoms with van der Waals surface area (Å²) in [4.78, 5) is 2.33. The van der Waals surface area contributed by atoms with E-state index in [0.717, 1.165) is 31.6 Å². The predicted octanol–water partition coefficient (Wildman–Crippen LogP) is 2.37. The Morgan fingerprint density at radius 3 is 2.72 bits per heavy atom. The molecule has 0 unspecified atom stereocenters. The topological polar surface area (TPSA) is 29.3 Å². The maximum absolute atomic E-state index is 13.5. The van der Waals surface area contributed by atoms with E-state index in [-0.39, 0.29) is 12.4 Å². The fourth-order valence-electron chi connectivity index (χ4n) is 1.84. The molecule has 3 heteroatoms. The largest absolute Gasteiger partial charge is 0.320 e. The highest BCUT2D eigenvalue weighted by molar-refractivity contribution is 5.38. The summed E-state index contributed by atoms with van der Waals surface area (Å²) in [5, 5.41) is 0. The third kappa shape index (κ3) is 4.48. The van der Waals surface area contributed by atoms with Crippen molar-refractivity contribution in [2.75, 3.05) is 19.6 Å². The van der Waals surface area contributed by atoms with Gasteiger partial charge in [-0.2, -0.15) is 0 Å². The zero-order valence-electron chi connectivity index (χ0n) is 11.2. The van der Waals surface area contributed by atoms with E-state index in [0.29, 0.717) is 5.56 Å². The molecule has 2 nitrogen and oxygen atoms in total. The zero-order chi connectivity index (χ0) is 13.4. The molecule has 0 saturated carbocycles. The van der Waals surface area contributed by atoms with Crippen LogP contribution < -0.4 is 5.73 Å². The molecule has 0 amide bonds. The Morgan fingerprint density at radius 2 is 2.11 bits per heavy atom. The number of hydrogen-bond donors (Lipinski definition) is 1. The van der Waals surface area contributed by atoms with Gasteiger partial charge in [-0.3, -0.25) is 4.90 Å². The molecule has 1 rings (SSSR count). The minimum atomic E-state index is -0.279. The summed E-state index contributed by atoms with van der Waals surface area (Å²) < 4.78 is 13.5. The summed E-state index contributed by atoms with van der Waals surface area (Å²) in [5.41, 5.74) is 6.83. The summed E-state index contributed by atoms with van der Waals surface area (Å²) in [7, 11) is 0. The van der Waals surface area contributed by atoms with Gasteiger partial charge in [0.05, 0.1) is 12.1 Å². The van der Waals surface area contributed by atoms with E-state index >= 15 is 0 Å². The van der Waals surface area contributed by atoms with Gasteiger partial charge in [-0.1, -0.05) is 31.8 Å². The molecule has 1 aromatic rings. The fourth-order valence-corrected chi connectivity index (χ4v) is 1.84. The van der Waals surface area contributed by atoms with Crippen LogP contribution in [0.2, 0.25) is 0 Å². The van der Waals surface area contributed by atoms with Gasteiger partial charge in [-0.05, 0) is 37.2 Å². The second kappa shape index (κ2) is 7.86. The molecule has 0 atom stereocenters. The second-order valence-electron chi connectivity index (χ2n) is 4.19. The Kier molecular flexibility index (Phi) is 6.42. The van der Waals surface area contributed by atoms with Crippen LogP contribution in [-0.4, -0.2) is 24.5 Å². The third-order valence-electron chi connectivity index (χ3n) is 2.75. The van der Waals surface area contributed by atoms with E-state index in [1.807, 2.05) is 12.1 Å². The van der Waals surface area contributed by atoms with Gasteiger partial charge < -0.3 is 5.73 Å². The van der Waals surface area contributed by atoms with Crippen molar-refractivity contribution in [3.05, 3.63) is 35.1 Å². The molecule has 0 heterocycles. The van der Waals surface area contributed by atoms with Crippen molar-refractivity contribution in [3.8, 4) is 11.8 Å². The van der Waals surface area contributed by atoms with Crippen molar-refractivity contribution in [2.45, 2.75) is 26.8 Å². The summed E-state index contributed by atoms with van der Waals surface area (Å²) in [6, 6.07) is 5.12. The van der Waals surface area contributed by atoms with Gasteiger partial charge in [0.2, 0.25) is 0 Å². The molecule has 98 valence electrons. The van der Waals surface area contributed by atoms with Crippen molar-refractivity contribution in [1.82, 2.24) is 4.90 Å². The van der Waals surface area contributed by atoms with E-state index in [9.17, 15) is 4.39 Å². The normalized spacial score (nSPS) is 10.3. The molecule has 2 N–H and O–H groups in total. The highest BCUT2D eigenvalue weighted by Crippen LogP contribution is 2.12. The van der Waals surface area contributed by atoms with E-state index in [1.165, 1.54) is 6.07 Å². The molecular formula is C15H21FN2. The van der Waals surface area contributed by atoms with Crippen molar-refractivity contribution in [3.63, 3.8) is 0 Å². The van der Waals surface area contributed by atoms with Crippen LogP contribution in [0.15, 0.2) is 18.2 Å². The lowest BCUT2D eigenvalue weighted by atomic mass is 10.1. The summed E-state index contributed by atoms with van der Waals surface area (Å²) in [6.45, 7) is 7.43. The Bertz CT molecular complexity index is 432. The first kappa shape index (κ1) is 14.7. The lowest BCUT2D eigenvalue weighted by molar-refractivity contribution is 0.280. The van der Waals surface area contributed by atoms with Crippen LogP contribution in [0.3, 0.4) is 0 Å². The molecule has 1 aromatic carbocycles. The molecule has 0 spiro atoms. The first-order valence-corrected chi connectivity index (χ1v) is 6.41. The number of nitrogens with zero attached hydrogens (tertiary/aromatic N) is 1. The molecule has 0 bridgehead atoms. The minimum Gasteiger partial charge on any atom is -0.320 e. The molecule has 0 fully saturated rings. The molecule has 18 heavy (non-hydrogen) atoms. The fraction of sp³-hybridized carbons (Fsp3) is 0.467. The van der Waals surface area contributed by atoms with Gasteiger partial charge in [-0.25, -0.2) is 4.39 Å².